The zero-order valence-electron chi connectivity index (χ0n) is 16.8. The first kappa shape index (κ1) is 22.2. The van der Waals surface area contributed by atoms with Crippen LogP contribution in [0.15, 0.2) is 24.3 Å². The van der Waals surface area contributed by atoms with Gasteiger partial charge in [-0.2, -0.15) is 0 Å². The minimum atomic E-state index is -0.692. The van der Waals surface area contributed by atoms with Crippen LogP contribution in [0, 0.1) is 5.92 Å². The highest BCUT2D eigenvalue weighted by molar-refractivity contribution is 5.95. The molecule has 0 aromatic heterocycles. The molecule has 1 heterocycles. The molecule has 1 aromatic rings. The molecule has 29 heavy (non-hydrogen) atoms. The van der Waals surface area contributed by atoms with Crippen molar-refractivity contribution in [2.24, 2.45) is 5.92 Å². The molecule has 1 unspecified atom stereocenters. The summed E-state index contributed by atoms with van der Waals surface area (Å²) in [5.41, 5.74) is 1.37. The van der Waals surface area contributed by atoms with Gasteiger partial charge in [-0.15, -0.1) is 0 Å². The quantitative estimate of drug-likeness (QED) is 0.536. The highest BCUT2D eigenvalue weighted by atomic mass is 16.6. The largest absolute Gasteiger partial charge is 0.445 e. The Labute approximate surface area is 170 Å². The average molecular weight is 404 g/mol. The third-order valence-electron chi connectivity index (χ3n) is 4.58. The molecule has 1 atom stereocenters. The fourth-order valence-electron chi connectivity index (χ4n) is 2.95. The number of anilines is 1. The van der Waals surface area contributed by atoms with Crippen LogP contribution < -0.4 is 16.0 Å². The molecule has 1 aliphatic heterocycles. The van der Waals surface area contributed by atoms with Gasteiger partial charge >= 0.3 is 6.09 Å². The lowest BCUT2D eigenvalue weighted by atomic mass is 10.0. The summed E-state index contributed by atoms with van der Waals surface area (Å²) in [7, 11) is 0. The summed E-state index contributed by atoms with van der Waals surface area (Å²) >= 11 is 0. The number of nitrogens with one attached hydrogen (secondary N) is 3. The summed E-state index contributed by atoms with van der Waals surface area (Å²) in [5, 5.41) is 7.62. The van der Waals surface area contributed by atoms with Crippen LogP contribution in [0.4, 0.5) is 10.5 Å². The van der Waals surface area contributed by atoms with Crippen molar-refractivity contribution < 1.29 is 23.9 Å². The van der Waals surface area contributed by atoms with Crippen LogP contribution in [-0.4, -0.2) is 54.9 Å². The first-order valence-corrected chi connectivity index (χ1v) is 9.68. The van der Waals surface area contributed by atoms with Crippen molar-refractivity contribution in [1.29, 1.82) is 0 Å². The Morgan fingerprint density at radius 2 is 1.79 bits per heavy atom. The maximum absolute atomic E-state index is 12.0. The molecule has 0 radical (unpaired) electrons. The Morgan fingerprint density at radius 3 is 2.38 bits per heavy atom. The van der Waals surface area contributed by atoms with Crippen LogP contribution in [0.5, 0.6) is 0 Å². The first-order valence-electron chi connectivity index (χ1n) is 9.68. The fourth-order valence-corrected chi connectivity index (χ4v) is 2.95. The van der Waals surface area contributed by atoms with Crippen LogP contribution in [0.1, 0.15) is 32.3 Å². The number of nitrogens with zero attached hydrogens (tertiary/aromatic N) is 1. The minimum Gasteiger partial charge on any atom is -0.445 e. The van der Waals surface area contributed by atoms with Crippen molar-refractivity contribution in [3.63, 3.8) is 0 Å². The predicted molar refractivity (Wildman–Crippen MR) is 107 cm³/mol. The highest BCUT2D eigenvalue weighted by Crippen LogP contribution is 2.13. The van der Waals surface area contributed by atoms with Crippen LogP contribution in [-0.2, 0) is 25.7 Å². The molecular weight excluding hydrogens is 376 g/mol. The second-order valence-corrected chi connectivity index (χ2v) is 7.22. The molecule has 1 aromatic carbocycles. The molecule has 0 bridgehead atoms. The normalized spacial score (nSPS) is 14.2. The minimum absolute atomic E-state index is 0.102. The van der Waals surface area contributed by atoms with Gasteiger partial charge in [-0.3, -0.25) is 14.4 Å². The number of likely N-dealkylation sites (tertiary alicyclic amines) is 1. The summed E-state index contributed by atoms with van der Waals surface area (Å²) in [5.74, 6) is -0.909. The molecule has 3 N–H and O–H groups in total. The van der Waals surface area contributed by atoms with Crippen molar-refractivity contribution in [3.8, 4) is 0 Å². The second-order valence-electron chi connectivity index (χ2n) is 7.22. The molecule has 9 nitrogen and oxygen atoms in total. The van der Waals surface area contributed by atoms with Gasteiger partial charge in [0.15, 0.2) is 0 Å². The van der Waals surface area contributed by atoms with Crippen molar-refractivity contribution in [1.82, 2.24) is 15.5 Å². The lowest BCUT2D eigenvalue weighted by Gasteiger charge is -2.19. The van der Waals surface area contributed by atoms with Crippen LogP contribution in [0.25, 0.3) is 0 Å². The van der Waals surface area contributed by atoms with Gasteiger partial charge in [0, 0.05) is 18.8 Å². The van der Waals surface area contributed by atoms with E-state index in [1.165, 1.54) is 0 Å². The monoisotopic (exact) mass is 404 g/mol. The van der Waals surface area contributed by atoms with Gasteiger partial charge in [0.1, 0.15) is 12.6 Å². The van der Waals surface area contributed by atoms with E-state index in [0.29, 0.717) is 12.1 Å². The first-order chi connectivity index (χ1) is 13.9. The topological polar surface area (TPSA) is 117 Å². The summed E-state index contributed by atoms with van der Waals surface area (Å²) < 4.78 is 5.28. The number of carbonyl (C=O) groups excluding carboxylic acids is 4. The van der Waals surface area contributed by atoms with E-state index < -0.39 is 11.9 Å². The Bertz CT molecular complexity index is 714. The summed E-state index contributed by atoms with van der Waals surface area (Å²) in [6.45, 7) is 5.03. The molecule has 0 aliphatic carbocycles. The van der Waals surface area contributed by atoms with E-state index in [-0.39, 0.29) is 31.1 Å². The molecular formula is C20H28N4O5. The zero-order chi connectivity index (χ0) is 21.2. The van der Waals surface area contributed by atoms with Crippen LogP contribution >= 0.6 is 0 Å². The number of rotatable bonds is 9. The molecule has 4 amide bonds. The van der Waals surface area contributed by atoms with Gasteiger partial charge < -0.3 is 25.6 Å². The van der Waals surface area contributed by atoms with Gasteiger partial charge in [0.2, 0.25) is 18.2 Å². The Hall–Kier alpha value is -3.10. The highest BCUT2D eigenvalue weighted by Gasteiger charge is 2.21. The number of hydrogen-bond donors (Lipinski definition) is 3. The number of carbonyl (C=O) groups is 4. The van der Waals surface area contributed by atoms with E-state index in [9.17, 15) is 19.2 Å². The van der Waals surface area contributed by atoms with Crippen molar-refractivity contribution in [3.05, 3.63) is 29.8 Å². The van der Waals surface area contributed by atoms with E-state index in [0.717, 1.165) is 31.5 Å². The third kappa shape index (κ3) is 7.10. The molecule has 158 valence electrons. The van der Waals surface area contributed by atoms with Crippen molar-refractivity contribution in [2.75, 3.05) is 25.0 Å². The summed E-state index contributed by atoms with van der Waals surface area (Å²) in [6.07, 6.45) is 2.18. The number of hydrogen-bond acceptors (Lipinski definition) is 5. The van der Waals surface area contributed by atoms with Crippen LogP contribution in [0.2, 0.25) is 0 Å². The van der Waals surface area contributed by atoms with E-state index in [4.69, 9.17) is 4.74 Å². The van der Waals surface area contributed by atoms with Gasteiger partial charge in [0.05, 0.1) is 6.54 Å². The number of ether oxygens (including phenoxy) is 1. The van der Waals surface area contributed by atoms with E-state index >= 15 is 0 Å². The Balaban J connectivity index is 1.75. The Kier molecular flexibility index (Phi) is 8.45. The van der Waals surface area contributed by atoms with E-state index in [1.54, 1.807) is 43.0 Å². The third-order valence-corrected chi connectivity index (χ3v) is 4.58. The van der Waals surface area contributed by atoms with Gasteiger partial charge in [-0.1, -0.05) is 26.0 Å². The maximum Gasteiger partial charge on any atom is 0.410 e. The van der Waals surface area contributed by atoms with Gasteiger partial charge in [-0.25, -0.2) is 4.79 Å². The lowest BCUT2D eigenvalue weighted by Crippen LogP contribution is -2.48. The SMILES string of the molecule is CC(C)C(NC=O)C(=O)NCC(=O)Nc1ccc(COC(=O)N2CCCC2)cc1. The summed E-state index contributed by atoms with van der Waals surface area (Å²) in [4.78, 5) is 48.2. The lowest BCUT2D eigenvalue weighted by molar-refractivity contribution is -0.128. The van der Waals surface area contributed by atoms with E-state index in [1.807, 2.05) is 0 Å². The molecule has 1 saturated heterocycles. The smallest absolute Gasteiger partial charge is 0.410 e. The Morgan fingerprint density at radius 1 is 1.14 bits per heavy atom. The fraction of sp³-hybridized carbons (Fsp3) is 0.500. The number of amides is 4. The zero-order valence-corrected chi connectivity index (χ0v) is 16.8. The van der Waals surface area contributed by atoms with E-state index in [2.05, 4.69) is 16.0 Å². The number of benzene rings is 1. The van der Waals surface area contributed by atoms with Crippen molar-refractivity contribution >= 4 is 30.0 Å². The molecule has 1 aliphatic rings. The molecule has 2 rings (SSSR count). The molecule has 9 heteroatoms. The van der Waals surface area contributed by atoms with Crippen molar-refractivity contribution in [2.45, 2.75) is 39.3 Å². The predicted octanol–water partition coefficient (Wildman–Crippen LogP) is 1.24. The maximum atomic E-state index is 12.0. The van der Waals surface area contributed by atoms with Crippen LogP contribution in [0.3, 0.4) is 0 Å². The standard InChI is InChI=1S/C20H28N4O5/c1-14(2)18(22-13-25)19(27)21-11-17(26)23-16-7-5-15(6-8-16)12-29-20(28)24-9-3-4-10-24/h5-8,13-14,18H,3-4,9-12H2,1-2H3,(H,21,27)(H,22,25)(H,23,26). The summed E-state index contributed by atoms with van der Waals surface area (Å²) in [6, 6.07) is 6.22. The molecule has 1 fully saturated rings. The van der Waals surface area contributed by atoms with Gasteiger partial charge in [-0.05, 0) is 36.5 Å². The molecule has 0 spiro atoms. The van der Waals surface area contributed by atoms with Gasteiger partial charge in [0.25, 0.3) is 0 Å². The molecule has 0 saturated carbocycles. The average Bonchev–Trinajstić information content (AvgIpc) is 3.24. The second kappa shape index (κ2) is 11.0.